The van der Waals surface area contributed by atoms with E-state index >= 15 is 0 Å². The molecule has 1 aliphatic heterocycles. The summed E-state index contributed by atoms with van der Waals surface area (Å²) in [5.41, 5.74) is 3.26. The molecule has 1 amide bonds. The van der Waals surface area contributed by atoms with Gasteiger partial charge in [0.05, 0.1) is 0 Å². The maximum Gasteiger partial charge on any atom is 0.251 e. The lowest BCUT2D eigenvalue weighted by Gasteiger charge is -2.17. The molecule has 0 aliphatic carbocycles. The number of hydrogen-bond donors (Lipinski definition) is 1. The van der Waals surface area contributed by atoms with Crippen LogP contribution in [0.1, 0.15) is 34.8 Å². The average molecular weight is 308 g/mol. The molecule has 120 valence electrons. The van der Waals surface area contributed by atoms with Gasteiger partial charge in [0, 0.05) is 31.2 Å². The summed E-state index contributed by atoms with van der Waals surface area (Å²) in [5, 5.41) is 3.21. The highest BCUT2D eigenvalue weighted by atomic mass is 16.1. The van der Waals surface area contributed by atoms with Gasteiger partial charge in [0.15, 0.2) is 0 Å². The molecule has 1 heterocycles. The van der Waals surface area contributed by atoms with Crippen molar-refractivity contribution in [3.8, 4) is 0 Å². The SMILES string of the molecule is CCc1ccccc1C(=O)NC1CCN(Cc2ccccc2)C1. The maximum atomic E-state index is 12.5. The summed E-state index contributed by atoms with van der Waals surface area (Å²) >= 11 is 0. The summed E-state index contributed by atoms with van der Waals surface area (Å²) in [6.07, 6.45) is 1.90. The monoisotopic (exact) mass is 308 g/mol. The predicted molar refractivity (Wildman–Crippen MR) is 93.4 cm³/mol. The lowest BCUT2D eigenvalue weighted by molar-refractivity contribution is 0.0936. The van der Waals surface area contributed by atoms with Crippen molar-refractivity contribution in [3.63, 3.8) is 0 Å². The standard InChI is InChI=1S/C20H24N2O/c1-2-17-10-6-7-11-19(17)20(23)21-18-12-13-22(15-18)14-16-8-4-3-5-9-16/h3-11,18H,2,12-15H2,1H3,(H,21,23). The number of nitrogens with one attached hydrogen (secondary N) is 1. The van der Waals surface area contributed by atoms with E-state index in [1.807, 2.05) is 30.3 Å². The minimum Gasteiger partial charge on any atom is -0.348 e. The molecule has 0 bridgehead atoms. The highest BCUT2D eigenvalue weighted by molar-refractivity contribution is 5.95. The van der Waals surface area contributed by atoms with Gasteiger partial charge in [0.1, 0.15) is 0 Å². The Morgan fingerprint density at radius 2 is 1.87 bits per heavy atom. The van der Waals surface area contributed by atoms with Crippen molar-refractivity contribution in [2.24, 2.45) is 0 Å². The molecule has 0 aromatic heterocycles. The number of carbonyl (C=O) groups excluding carboxylic acids is 1. The Morgan fingerprint density at radius 1 is 1.13 bits per heavy atom. The molecule has 1 atom stereocenters. The molecule has 1 aliphatic rings. The number of likely N-dealkylation sites (tertiary alicyclic amines) is 1. The number of rotatable bonds is 5. The molecule has 3 rings (SSSR count). The number of aryl methyl sites for hydroxylation is 1. The van der Waals surface area contributed by atoms with Gasteiger partial charge in [-0.15, -0.1) is 0 Å². The van der Waals surface area contributed by atoms with Crippen LogP contribution in [0, 0.1) is 0 Å². The van der Waals surface area contributed by atoms with E-state index in [2.05, 4.69) is 41.4 Å². The molecule has 1 unspecified atom stereocenters. The lowest BCUT2D eigenvalue weighted by Crippen LogP contribution is -2.37. The summed E-state index contributed by atoms with van der Waals surface area (Å²) in [6.45, 7) is 5.01. The van der Waals surface area contributed by atoms with Gasteiger partial charge in [-0.05, 0) is 30.0 Å². The molecule has 1 saturated heterocycles. The maximum absolute atomic E-state index is 12.5. The van der Waals surface area contributed by atoms with Gasteiger partial charge in [-0.3, -0.25) is 9.69 Å². The van der Waals surface area contributed by atoms with Crippen molar-refractivity contribution in [2.75, 3.05) is 13.1 Å². The molecule has 3 heteroatoms. The summed E-state index contributed by atoms with van der Waals surface area (Å²) in [7, 11) is 0. The van der Waals surface area contributed by atoms with Crippen LogP contribution in [0.2, 0.25) is 0 Å². The Bertz CT molecular complexity index is 654. The number of hydrogen-bond acceptors (Lipinski definition) is 2. The Balaban J connectivity index is 1.56. The molecule has 0 saturated carbocycles. The highest BCUT2D eigenvalue weighted by Gasteiger charge is 2.24. The van der Waals surface area contributed by atoms with Crippen molar-refractivity contribution in [1.82, 2.24) is 10.2 Å². The molecule has 2 aromatic carbocycles. The third-order valence-corrected chi connectivity index (χ3v) is 4.50. The first-order valence-corrected chi connectivity index (χ1v) is 8.41. The molecule has 0 spiro atoms. The van der Waals surface area contributed by atoms with Crippen molar-refractivity contribution in [3.05, 3.63) is 71.3 Å². The number of carbonyl (C=O) groups is 1. The van der Waals surface area contributed by atoms with E-state index in [9.17, 15) is 4.79 Å². The molecule has 0 radical (unpaired) electrons. The second kappa shape index (κ2) is 7.42. The third kappa shape index (κ3) is 3.99. The Morgan fingerprint density at radius 3 is 2.65 bits per heavy atom. The van der Waals surface area contributed by atoms with E-state index in [-0.39, 0.29) is 11.9 Å². The predicted octanol–water partition coefficient (Wildman–Crippen LogP) is 3.25. The average Bonchev–Trinajstić information content (AvgIpc) is 3.02. The zero-order valence-corrected chi connectivity index (χ0v) is 13.7. The normalized spacial score (nSPS) is 18.0. The van der Waals surface area contributed by atoms with Crippen LogP contribution in [-0.2, 0) is 13.0 Å². The highest BCUT2D eigenvalue weighted by Crippen LogP contribution is 2.15. The first-order valence-electron chi connectivity index (χ1n) is 8.41. The van der Waals surface area contributed by atoms with Crippen LogP contribution in [-0.4, -0.2) is 29.9 Å². The molecule has 2 aromatic rings. The zero-order valence-electron chi connectivity index (χ0n) is 13.7. The van der Waals surface area contributed by atoms with Gasteiger partial charge in [-0.25, -0.2) is 0 Å². The van der Waals surface area contributed by atoms with Gasteiger partial charge in [0.2, 0.25) is 0 Å². The quantitative estimate of drug-likeness (QED) is 0.919. The van der Waals surface area contributed by atoms with Crippen LogP contribution < -0.4 is 5.32 Å². The smallest absolute Gasteiger partial charge is 0.251 e. The molecule has 1 fully saturated rings. The van der Waals surface area contributed by atoms with Crippen LogP contribution in [0.5, 0.6) is 0 Å². The molecule has 1 N–H and O–H groups in total. The third-order valence-electron chi connectivity index (χ3n) is 4.50. The van der Waals surface area contributed by atoms with Crippen molar-refractivity contribution >= 4 is 5.91 Å². The van der Waals surface area contributed by atoms with Gasteiger partial charge in [-0.1, -0.05) is 55.5 Å². The second-order valence-electron chi connectivity index (χ2n) is 6.19. The fourth-order valence-electron chi connectivity index (χ4n) is 3.25. The van der Waals surface area contributed by atoms with Gasteiger partial charge in [0.25, 0.3) is 5.91 Å². The first-order chi connectivity index (χ1) is 11.3. The second-order valence-corrected chi connectivity index (χ2v) is 6.19. The minimum atomic E-state index is 0.0639. The van der Waals surface area contributed by atoms with E-state index < -0.39 is 0 Å². The molecular weight excluding hydrogens is 284 g/mol. The van der Waals surface area contributed by atoms with Crippen LogP contribution >= 0.6 is 0 Å². The van der Waals surface area contributed by atoms with Gasteiger partial charge in [-0.2, -0.15) is 0 Å². The van der Waals surface area contributed by atoms with Crippen molar-refractivity contribution in [1.29, 1.82) is 0 Å². The van der Waals surface area contributed by atoms with E-state index in [1.165, 1.54) is 5.56 Å². The lowest BCUT2D eigenvalue weighted by atomic mass is 10.0. The molecule has 23 heavy (non-hydrogen) atoms. The van der Waals surface area contributed by atoms with E-state index in [4.69, 9.17) is 0 Å². The van der Waals surface area contributed by atoms with E-state index in [0.29, 0.717) is 0 Å². The largest absolute Gasteiger partial charge is 0.348 e. The fourth-order valence-corrected chi connectivity index (χ4v) is 3.25. The van der Waals surface area contributed by atoms with Gasteiger partial charge >= 0.3 is 0 Å². The molecular formula is C20H24N2O. The minimum absolute atomic E-state index is 0.0639. The summed E-state index contributed by atoms with van der Waals surface area (Å²) in [5.74, 6) is 0.0639. The number of benzene rings is 2. The van der Waals surface area contributed by atoms with Crippen molar-refractivity contribution < 1.29 is 4.79 Å². The van der Waals surface area contributed by atoms with Gasteiger partial charge < -0.3 is 5.32 Å². The fraction of sp³-hybridized carbons (Fsp3) is 0.350. The topological polar surface area (TPSA) is 32.3 Å². The van der Waals surface area contributed by atoms with Crippen LogP contribution in [0.15, 0.2) is 54.6 Å². The van der Waals surface area contributed by atoms with E-state index in [0.717, 1.165) is 43.6 Å². The molecule has 3 nitrogen and oxygen atoms in total. The zero-order chi connectivity index (χ0) is 16.1. The van der Waals surface area contributed by atoms with Crippen LogP contribution in [0.3, 0.4) is 0 Å². The summed E-state index contributed by atoms with van der Waals surface area (Å²) < 4.78 is 0. The van der Waals surface area contributed by atoms with E-state index in [1.54, 1.807) is 0 Å². The summed E-state index contributed by atoms with van der Waals surface area (Å²) in [4.78, 5) is 14.9. The first kappa shape index (κ1) is 15.8. The Labute approximate surface area is 138 Å². The number of nitrogens with zero attached hydrogens (tertiary/aromatic N) is 1. The Hall–Kier alpha value is -2.13. The van der Waals surface area contributed by atoms with Crippen LogP contribution in [0.25, 0.3) is 0 Å². The van der Waals surface area contributed by atoms with Crippen molar-refractivity contribution in [2.45, 2.75) is 32.4 Å². The van der Waals surface area contributed by atoms with Crippen LogP contribution in [0.4, 0.5) is 0 Å². The number of amides is 1. The summed E-state index contributed by atoms with van der Waals surface area (Å²) in [6, 6.07) is 18.6. The Kier molecular flexibility index (Phi) is 5.09.